The van der Waals surface area contributed by atoms with Crippen LogP contribution in [0.2, 0.25) is 0 Å². The predicted octanol–water partition coefficient (Wildman–Crippen LogP) is 7.62. The second-order valence-corrected chi connectivity index (χ2v) is 9.59. The van der Waals surface area contributed by atoms with Gasteiger partial charge in [0.05, 0.1) is 13.2 Å². The van der Waals surface area contributed by atoms with Gasteiger partial charge in [0.15, 0.2) is 0 Å². The van der Waals surface area contributed by atoms with Gasteiger partial charge in [0.1, 0.15) is 34.8 Å². The van der Waals surface area contributed by atoms with E-state index in [1.165, 1.54) is 25.7 Å². The summed E-state index contributed by atoms with van der Waals surface area (Å²) in [5.41, 5.74) is 1.37. The number of rotatable bonds is 14. The number of hydrogen-bond acceptors (Lipinski definition) is 5. The van der Waals surface area contributed by atoms with Crippen molar-refractivity contribution in [3.8, 4) is 23.6 Å². The Morgan fingerprint density at radius 2 is 1.30 bits per heavy atom. The molecule has 37 heavy (non-hydrogen) atoms. The third kappa shape index (κ3) is 7.48. The molecule has 0 radical (unpaired) electrons. The van der Waals surface area contributed by atoms with Crippen LogP contribution >= 0.6 is 0 Å². The minimum absolute atomic E-state index is 0.0208. The lowest BCUT2D eigenvalue weighted by atomic mass is 9.83. The van der Waals surface area contributed by atoms with E-state index in [4.69, 9.17) is 9.47 Å². The van der Waals surface area contributed by atoms with Gasteiger partial charge in [-0.05, 0) is 65.5 Å². The monoisotopic (exact) mass is 498 g/mol. The van der Waals surface area contributed by atoms with Crippen LogP contribution in [0.25, 0.3) is 5.57 Å². The fraction of sp³-hybridized carbons (Fsp3) is 0.438. The van der Waals surface area contributed by atoms with Crippen LogP contribution in [0.1, 0.15) is 82.8 Å². The van der Waals surface area contributed by atoms with E-state index < -0.39 is 5.60 Å². The first-order valence-electron chi connectivity index (χ1n) is 13.5. The topological polar surface area (TPSA) is 86.3 Å². The molecule has 0 fully saturated rings. The summed E-state index contributed by atoms with van der Waals surface area (Å²) < 4.78 is 11.7. The minimum Gasteiger partial charge on any atom is -0.494 e. The molecule has 0 aliphatic heterocycles. The first kappa shape index (κ1) is 28.0. The molecule has 1 aliphatic carbocycles. The Hall–Kier alpha value is -3.54. The number of unbranched alkanes of at least 4 members (excludes halogenated alkanes) is 6. The lowest BCUT2D eigenvalue weighted by molar-refractivity contribution is 0.107. The molecule has 5 heteroatoms. The van der Waals surface area contributed by atoms with Crippen LogP contribution in [0, 0.1) is 22.7 Å². The van der Waals surface area contributed by atoms with Crippen molar-refractivity contribution in [2.45, 2.75) is 77.2 Å². The lowest BCUT2D eigenvalue weighted by Gasteiger charge is -2.28. The zero-order valence-electron chi connectivity index (χ0n) is 22.1. The highest BCUT2D eigenvalue weighted by Crippen LogP contribution is 2.48. The Labute approximate surface area is 221 Å². The molecule has 0 spiro atoms. The fourth-order valence-corrected chi connectivity index (χ4v) is 4.62. The van der Waals surface area contributed by atoms with Crippen molar-refractivity contribution < 1.29 is 14.6 Å². The van der Waals surface area contributed by atoms with Crippen LogP contribution in [-0.4, -0.2) is 18.3 Å². The third-order valence-electron chi connectivity index (χ3n) is 6.79. The van der Waals surface area contributed by atoms with Crippen LogP contribution in [0.4, 0.5) is 0 Å². The van der Waals surface area contributed by atoms with Gasteiger partial charge in [0, 0.05) is 6.42 Å². The summed E-state index contributed by atoms with van der Waals surface area (Å²) in [5, 5.41) is 30.9. The van der Waals surface area contributed by atoms with Gasteiger partial charge in [-0.2, -0.15) is 10.5 Å². The number of aliphatic hydroxyl groups is 1. The maximum Gasteiger partial charge on any atom is 0.133 e. The van der Waals surface area contributed by atoms with E-state index in [2.05, 4.69) is 13.8 Å². The smallest absolute Gasteiger partial charge is 0.133 e. The number of benzene rings is 2. The van der Waals surface area contributed by atoms with Crippen LogP contribution in [0.3, 0.4) is 0 Å². The highest BCUT2D eigenvalue weighted by atomic mass is 16.5. The van der Waals surface area contributed by atoms with Gasteiger partial charge in [0.2, 0.25) is 0 Å². The molecule has 1 aliphatic rings. The van der Waals surface area contributed by atoms with E-state index >= 15 is 0 Å². The lowest BCUT2D eigenvalue weighted by Crippen LogP contribution is -2.24. The van der Waals surface area contributed by atoms with Gasteiger partial charge in [-0.15, -0.1) is 0 Å². The molecule has 0 heterocycles. The molecule has 1 atom stereocenters. The highest BCUT2D eigenvalue weighted by Gasteiger charge is 2.40. The second kappa shape index (κ2) is 14.3. The van der Waals surface area contributed by atoms with Crippen molar-refractivity contribution >= 4 is 5.57 Å². The minimum atomic E-state index is -1.36. The number of nitrogens with zero attached hydrogens (tertiary/aromatic N) is 2. The van der Waals surface area contributed by atoms with Crippen molar-refractivity contribution in [3.05, 3.63) is 76.9 Å². The Morgan fingerprint density at radius 3 is 1.78 bits per heavy atom. The summed E-state index contributed by atoms with van der Waals surface area (Å²) in [6.07, 6.45) is 11.1. The van der Waals surface area contributed by atoms with Gasteiger partial charge in [-0.3, -0.25) is 0 Å². The maximum absolute atomic E-state index is 12.0. The molecule has 2 aromatic rings. The third-order valence-corrected chi connectivity index (χ3v) is 6.79. The molecule has 1 N–H and O–H groups in total. The summed E-state index contributed by atoms with van der Waals surface area (Å²) in [5.74, 6) is 1.55. The van der Waals surface area contributed by atoms with E-state index in [1.54, 1.807) is 6.08 Å². The molecule has 0 bridgehead atoms. The zero-order valence-corrected chi connectivity index (χ0v) is 22.1. The predicted molar refractivity (Wildman–Crippen MR) is 147 cm³/mol. The first-order valence-corrected chi connectivity index (χ1v) is 13.5. The molecule has 0 saturated heterocycles. The number of ether oxygens (including phenoxy) is 2. The van der Waals surface area contributed by atoms with Crippen molar-refractivity contribution in [3.63, 3.8) is 0 Å². The summed E-state index contributed by atoms with van der Waals surface area (Å²) in [4.78, 5) is 0. The molecular weight excluding hydrogens is 460 g/mol. The van der Waals surface area contributed by atoms with E-state index in [9.17, 15) is 15.6 Å². The maximum atomic E-state index is 12.0. The highest BCUT2D eigenvalue weighted by molar-refractivity contribution is 5.81. The first-order chi connectivity index (χ1) is 18.0. The number of allylic oxidation sites excluding steroid dienone is 2. The molecule has 194 valence electrons. The van der Waals surface area contributed by atoms with Crippen LogP contribution in [0.5, 0.6) is 11.5 Å². The van der Waals surface area contributed by atoms with E-state index in [1.807, 2.05) is 60.7 Å². The van der Waals surface area contributed by atoms with Gasteiger partial charge in [-0.25, -0.2) is 0 Å². The van der Waals surface area contributed by atoms with Crippen molar-refractivity contribution in [2.75, 3.05) is 13.2 Å². The Morgan fingerprint density at radius 1 is 0.784 bits per heavy atom. The molecule has 5 nitrogen and oxygen atoms in total. The molecule has 0 saturated carbocycles. The molecule has 0 aromatic heterocycles. The summed E-state index contributed by atoms with van der Waals surface area (Å²) >= 11 is 0. The summed E-state index contributed by atoms with van der Waals surface area (Å²) in [7, 11) is 0. The molecule has 2 aromatic carbocycles. The van der Waals surface area contributed by atoms with E-state index in [0.717, 1.165) is 42.7 Å². The fourth-order valence-electron chi connectivity index (χ4n) is 4.62. The molecule has 3 rings (SSSR count). The SMILES string of the molecule is CCCCCCOc1ccc(C2=CC(=C(C#N)C#N)CC2(O)c2ccc(OCCCCCC)cc2)cc1. The summed E-state index contributed by atoms with van der Waals surface area (Å²) in [6.45, 7) is 5.72. The Bertz CT molecular complexity index is 1130. The van der Waals surface area contributed by atoms with Gasteiger partial charge in [0.25, 0.3) is 0 Å². The van der Waals surface area contributed by atoms with Crippen molar-refractivity contribution in [1.29, 1.82) is 10.5 Å². The Kier molecular flexibility index (Phi) is 10.8. The standard InChI is InChI=1S/C32H38N2O3/c1-3-5-7-9-19-36-29-15-11-25(12-16-29)31-21-26(27(23-33)24-34)22-32(31,35)28-13-17-30(18-14-28)37-20-10-8-6-4-2/h11-18,21,35H,3-10,19-20,22H2,1-2H3. The average Bonchev–Trinajstić information content (AvgIpc) is 3.28. The van der Waals surface area contributed by atoms with Crippen LogP contribution in [-0.2, 0) is 5.60 Å². The van der Waals surface area contributed by atoms with E-state index in [-0.39, 0.29) is 12.0 Å². The average molecular weight is 499 g/mol. The number of hydrogen-bond donors (Lipinski definition) is 1. The van der Waals surface area contributed by atoms with Crippen molar-refractivity contribution in [1.82, 2.24) is 0 Å². The summed E-state index contributed by atoms with van der Waals surface area (Å²) in [6, 6.07) is 19.1. The Balaban J connectivity index is 1.80. The van der Waals surface area contributed by atoms with Gasteiger partial charge in [-0.1, -0.05) is 76.6 Å². The number of nitriles is 2. The van der Waals surface area contributed by atoms with Crippen molar-refractivity contribution in [2.24, 2.45) is 0 Å². The molecular formula is C32H38N2O3. The largest absolute Gasteiger partial charge is 0.494 e. The zero-order chi connectivity index (χ0) is 26.5. The van der Waals surface area contributed by atoms with Crippen LogP contribution < -0.4 is 9.47 Å². The quantitative estimate of drug-likeness (QED) is 0.214. The van der Waals surface area contributed by atoms with Gasteiger partial charge >= 0.3 is 0 Å². The van der Waals surface area contributed by atoms with Crippen LogP contribution in [0.15, 0.2) is 65.8 Å². The second-order valence-electron chi connectivity index (χ2n) is 9.59. The van der Waals surface area contributed by atoms with E-state index in [0.29, 0.717) is 29.9 Å². The molecule has 0 amide bonds. The normalized spacial score (nSPS) is 16.6. The molecule has 1 unspecified atom stereocenters. The van der Waals surface area contributed by atoms with Gasteiger partial charge < -0.3 is 14.6 Å².